The van der Waals surface area contributed by atoms with E-state index in [2.05, 4.69) is 4.72 Å². The molecule has 0 heterocycles. The van der Waals surface area contributed by atoms with Crippen LogP contribution in [0.1, 0.15) is 19.4 Å². The van der Waals surface area contributed by atoms with Gasteiger partial charge in [0.15, 0.2) is 0 Å². The summed E-state index contributed by atoms with van der Waals surface area (Å²) in [5.41, 5.74) is 6.67. The molecule has 1 aromatic carbocycles. The Hall–Kier alpha value is -1.11. The molecule has 0 aliphatic heterocycles. The quantitative estimate of drug-likeness (QED) is 0.766. The van der Waals surface area contributed by atoms with Crippen molar-refractivity contribution in [2.45, 2.75) is 25.1 Å². The molecule has 5 nitrogen and oxygen atoms in total. The van der Waals surface area contributed by atoms with Crippen molar-refractivity contribution in [3.05, 3.63) is 29.8 Å². The summed E-state index contributed by atoms with van der Waals surface area (Å²) in [6.07, 6.45) is 0. The zero-order valence-corrected chi connectivity index (χ0v) is 12.8. The molecule has 0 fully saturated rings. The molecule has 0 aromatic heterocycles. The van der Waals surface area contributed by atoms with Crippen molar-refractivity contribution in [1.29, 1.82) is 0 Å². The van der Waals surface area contributed by atoms with Gasteiger partial charge < -0.3 is 10.6 Å². The number of nitrogen functional groups attached to an aromatic ring is 1. The molecule has 0 saturated carbocycles. The Balaban J connectivity index is 2.68. The number of hydrogen-bond acceptors (Lipinski definition) is 4. The minimum absolute atomic E-state index is 0.0540. The van der Waals surface area contributed by atoms with Gasteiger partial charge in [-0.05, 0) is 45.6 Å². The van der Waals surface area contributed by atoms with Crippen molar-refractivity contribution >= 4 is 15.7 Å². The second-order valence-electron chi connectivity index (χ2n) is 5.53. The summed E-state index contributed by atoms with van der Waals surface area (Å²) in [6, 6.07) is 6.92. The van der Waals surface area contributed by atoms with E-state index in [4.69, 9.17) is 5.73 Å². The van der Waals surface area contributed by atoms with Crippen LogP contribution < -0.4 is 10.5 Å². The number of benzene rings is 1. The zero-order valence-electron chi connectivity index (χ0n) is 12.0. The first-order chi connectivity index (χ1) is 8.62. The van der Waals surface area contributed by atoms with E-state index in [1.165, 1.54) is 0 Å². The molecule has 3 N–H and O–H groups in total. The molecular formula is C13H23N3O2S. The maximum absolute atomic E-state index is 12.0. The molecule has 108 valence electrons. The third-order valence-corrected chi connectivity index (χ3v) is 4.54. The molecule has 0 bridgehead atoms. The average molecular weight is 285 g/mol. The van der Waals surface area contributed by atoms with E-state index in [1.807, 2.05) is 32.8 Å². The lowest BCUT2D eigenvalue weighted by Crippen LogP contribution is -2.48. The largest absolute Gasteiger partial charge is 0.399 e. The van der Waals surface area contributed by atoms with E-state index < -0.39 is 10.0 Å². The standard InChI is InChI=1S/C13H23N3O2S/c1-13(2,16(3)4)10-15-19(17,18)9-11-6-5-7-12(14)8-11/h5-8,15H,9-10,14H2,1-4H3. The minimum atomic E-state index is -3.35. The van der Waals surface area contributed by atoms with E-state index in [0.29, 0.717) is 17.8 Å². The molecular weight excluding hydrogens is 262 g/mol. The van der Waals surface area contributed by atoms with Gasteiger partial charge in [0.2, 0.25) is 10.0 Å². The lowest BCUT2D eigenvalue weighted by Gasteiger charge is -2.32. The number of rotatable bonds is 6. The molecule has 0 spiro atoms. The molecule has 0 unspecified atom stereocenters. The zero-order chi connectivity index (χ0) is 14.7. The van der Waals surface area contributed by atoms with Crippen LogP contribution in [0.4, 0.5) is 5.69 Å². The molecule has 1 aromatic rings. The van der Waals surface area contributed by atoms with Crippen LogP contribution in [-0.4, -0.2) is 39.5 Å². The molecule has 0 amide bonds. The Morgan fingerprint density at radius 3 is 2.47 bits per heavy atom. The van der Waals surface area contributed by atoms with Crippen LogP contribution in [0, 0.1) is 0 Å². The average Bonchev–Trinajstić information content (AvgIpc) is 2.26. The summed E-state index contributed by atoms with van der Waals surface area (Å²) < 4.78 is 26.7. The first-order valence-corrected chi connectivity index (χ1v) is 7.77. The highest BCUT2D eigenvalue weighted by Crippen LogP contribution is 2.12. The maximum Gasteiger partial charge on any atom is 0.215 e. The summed E-state index contributed by atoms with van der Waals surface area (Å²) in [4.78, 5) is 1.98. The lowest BCUT2D eigenvalue weighted by atomic mass is 10.1. The summed E-state index contributed by atoms with van der Waals surface area (Å²) in [6.45, 7) is 4.33. The van der Waals surface area contributed by atoms with Crippen LogP contribution in [0.2, 0.25) is 0 Å². The van der Waals surface area contributed by atoms with Crippen molar-refractivity contribution in [2.75, 3.05) is 26.4 Å². The van der Waals surface area contributed by atoms with Gasteiger partial charge in [0.1, 0.15) is 0 Å². The Morgan fingerprint density at radius 1 is 1.32 bits per heavy atom. The maximum atomic E-state index is 12.0. The highest BCUT2D eigenvalue weighted by atomic mass is 32.2. The van der Waals surface area contributed by atoms with Crippen molar-refractivity contribution in [3.8, 4) is 0 Å². The van der Waals surface area contributed by atoms with Crippen molar-refractivity contribution in [2.24, 2.45) is 0 Å². The summed E-state index contributed by atoms with van der Waals surface area (Å²) >= 11 is 0. The fourth-order valence-corrected chi connectivity index (χ4v) is 2.69. The highest BCUT2D eigenvalue weighted by Gasteiger charge is 2.23. The highest BCUT2D eigenvalue weighted by molar-refractivity contribution is 7.88. The van der Waals surface area contributed by atoms with E-state index in [1.54, 1.807) is 24.3 Å². The smallest absolute Gasteiger partial charge is 0.215 e. The molecule has 1 rings (SSSR count). The Kier molecular flexibility index (Phi) is 4.95. The van der Waals surface area contributed by atoms with Gasteiger partial charge in [-0.3, -0.25) is 0 Å². The van der Waals surface area contributed by atoms with Gasteiger partial charge in [0.25, 0.3) is 0 Å². The number of nitrogens with one attached hydrogen (secondary N) is 1. The second kappa shape index (κ2) is 5.90. The van der Waals surface area contributed by atoms with Crippen LogP contribution in [-0.2, 0) is 15.8 Å². The van der Waals surface area contributed by atoms with Crippen LogP contribution in [0.25, 0.3) is 0 Å². The topological polar surface area (TPSA) is 75.4 Å². The van der Waals surface area contributed by atoms with Crippen molar-refractivity contribution < 1.29 is 8.42 Å². The van der Waals surface area contributed by atoms with Gasteiger partial charge in [-0.25, -0.2) is 13.1 Å². The monoisotopic (exact) mass is 285 g/mol. The predicted octanol–water partition coefficient (Wildman–Crippen LogP) is 1.03. The normalized spacial score (nSPS) is 12.9. The number of likely N-dealkylation sites (N-methyl/N-ethyl adjacent to an activating group) is 1. The number of nitrogens with two attached hydrogens (primary N) is 1. The van der Waals surface area contributed by atoms with E-state index in [9.17, 15) is 8.42 Å². The Morgan fingerprint density at radius 2 is 1.95 bits per heavy atom. The molecule has 0 aliphatic carbocycles. The Labute approximate surface area is 115 Å². The van der Waals surface area contributed by atoms with Gasteiger partial charge >= 0.3 is 0 Å². The van der Waals surface area contributed by atoms with Gasteiger partial charge in [0.05, 0.1) is 5.75 Å². The van der Waals surface area contributed by atoms with Crippen LogP contribution >= 0.6 is 0 Å². The van der Waals surface area contributed by atoms with Gasteiger partial charge in [-0.2, -0.15) is 0 Å². The number of hydrogen-bond donors (Lipinski definition) is 2. The second-order valence-corrected chi connectivity index (χ2v) is 7.34. The lowest BCUT2D eigenvalue weighted by molar-refractivity contribution is 0.199. The van der Waals surface area contributed by atoms with Gasteiger partial charge in [-0.1, -0.05) is 12.1 Å². The van der Waals surface area contributed by atoms with E-state index >= 15 is 0 Å². The summed E-state index contributed by atoms with van der Waals surface area (Å²) in [5, 5.41) is 0. The van der Waals surface area contributed by atoms with E-state index in [0.717, 1.165) is 0 Å². The molecule has 0 atom stereocenters. The number of anilines is 1. The third-order valence-electron chi connectivity index (χ3n) is 3.24. The van der Waals surface area contributed by atoms with Crippen LogP contribution in [0.15, 0.2) is 24.3 Å². The number of sulfonamides is 1. The van der Waals surface area contributed by atoms with Crippen molar-refractivity contribution in [1.82, 2.24) is 9.62 Å². The fraction of sp³-hybridized carbons (Fsp3) is 0.538. The number of nitrogens with zero attached hydrogens (tertiary/aromatic N) is 1. The SMILES string of the molecule is CN(C)C(C)(C)CNS(=O)(=O)Cc1cccc(N)c1. The summed E-state index contributed by atoms with van der Waals surface area (Å²) in [7, 11) is 0.495. The molecule has 0 radical (unpaired) electrons. The molecule has 0 saturated heterocycles. The fourth-order valence-electron chi connectivity index (χ4n) is 1.40. The molecule has 6 heteroatoms. The van der Waals surface area contributed by atoms with Crippen molar-refractivity contribution in [3.63, 3.8) is 0 Å². The first-order valence-electron chi connectivity index (χ1n) is 6.11. The van der Waals surface area contributed by atoms with Crippen LogP contribution in [0.3, 0.4) is 0 Å². The molecule has 19 heavy (non-hydrogen) atoms. The first kappa shape index (κ1) is 15.9. The minimum Gasteiger partial charge on any atom is -0.399 e. The molecule has 0 aliphatic rings. The van der Waals surface area contributed by atoms with Gasteiger partial charge in [-0.15, -0.1) is 0 Å². The Bertz CT molecular complexity index is 524. The van der Waals surface area contributed by atoms with E-state index in [-0.39, 0.29) is 11.3 Å². The van der Waals surface area contributed by atoms with Crippen LogP contribution in [0.5, 0.6) is 0 Å². The third kappa shape index (κ3) is 5.18. The predicted molar refractivity (Wildman–Crippen MR) is 79.2 cm³/mol. The summed E-state index contributed by atoms with van der Waals surface area (Å²) in [5.74, 6) is -0.0540. The van der Waals surface area contributed by atoms with Gasteiger partial charge in [0, 0.05) is 17.8 Å².